The fourth-order valence-corrected chi connectivity index (χ4v) is 5.64. The molecule has 26 heavy (non-hydrogen) atoms. The zero-order chi connectivity index (χ0) is 18.1. The number of anilines is 1. The quantitative estimate of drug-likeness (QED) is 0.587. The SMILES string of the molecule is Nc1ncnc2c1ncn2[C@]1(C23CCC(CC2)C3)O[C@H](CO)[C@@H](O)[C@H]1O. The summed E-state index contributed by atoms with van der Waals surface area (Å²) in [6.45, 7) is -0.372. The second kappa shape index (κ2) is 5.35. The van der Waals surface area contributed by atoms with Crippen molar-refractivity contribution in [2.24, 2.45) is 11.3 Å². The van der Waals surface area contributed by atoms with Crippen molar-refractivity contribution in [1.82, 2.24) is 19.5 Å². The highest BCUT2D eigenvalue weighted by atomic mass is 16.6. The van der Waals surface area contributed by atoms with Crippen molar-refractivity contribution >= 4 is 17.0 Å². The van der Waals surface area contributed by atoms with Gasteiger partial charge < -0.3 is 25.8 Å². The third kappa shape index (κ3) is 1.81. The Kier molecular flexibility index (Phi) is 3.37. The van der Waals surface area contributed by atoms with Gasteiger partial charge in [-0.25, -0.2) is 15.0 Å². The first-order valence-electron chi connectivity index (χ1n) is 9.11. The molecule has 1 saturated heterocycles. The Morgan fingerprint density at radius 2 is 2.00 bits per heavy atom. The fourth-order valence-electron chi connectivity index (χ4n) is 5.64. The summed E-state index contributed by atoms with van der Waals surface area (Å²) in [6.07, 6.45) is 4.49. The second-order valence-corrected chi connectivity index (χ2v) is 7.94. The average molecular weight is 361 g/mol. The minimum Gasteiger partial charge on any atom is -0.394 e. The first kappa shape index (κ1) is 16.4. The van der Waals surface area contributed by atoms with Crippen LogP contribution in [0.5, 0.6) is 0 Å². The predicted molar refractivity (Wildman–Crippen MR) is 90.7 cm³/mol. The molecule has 0 aromatic carbocycles. The molecule has 0 spiro atoms. The number of hydrogen-bond acceptors (Lipinski definition) is 8. The molecule has 3 heterocycles. The van der Waals surface area contributed by atoms with Gasteiger partial charge in [-0.1, -0.05) is 0 Å². The van der Waals surface area contributed by atoms with Crippen molar-refractivity contribution in [3.05, 3.63) is 12.7 Å². The van der Waals surface area contributed by atoms with Gasteiger partial charge in [-0.15, -0.1) is 0 Å². The maximum atomic E-state index is 11.2. The number of aromatic nitrogens is 4. The molecule has 0 unspecified atom stereocenters. The van der Waals surface area contributed by atoms with Crippen LogP contribution in [0.15, 0.2) is 12.7 Å². The van der Waals surface area contributed by atoms with Crippen LogP contribution in [0.25, 0.3) is 11.2 Å². The van der Waals surface area contributed by atoms with Gasteiger partial charge in [0.05, 0.1) is 12.9 Å². The monoisotopic (exact) mass is 361 g/mol. The van der Waals surface area contributed by atoms with Gasteiger partial charge in [0, 0.05) is 5.41 Å². The van der Waals surface area contributed by atoms with Crippen molar-refractivity contribution in [3.8, 4) is 0 Å². The molecule has 2 aliphatic carbocycles. The van der Waals surface area contributed by atoms with Crippen LogP contribution < -0.4 is 5.73 Å². The molecule has 2 bridgehead atoms. The Morgan fingerprint density at radius 1 is 1.23 bits per heavy atom. The third-order valence-electron chi connectivity index (χ3n) is 6.84. The van der Waals surface area contributed by atoms with E-state index >= 15 is 0 Å². The number of nitrogens with zero attached hydrogens (tertiary/aromatic N) is 4. The largest absolute Gasteiger partial charge is 0.394 e. The molecule has 5 rings (SSSR count). The number of imidazole rings is 1. The smallest absolute Gasteiger partial charge is 0.182 e. The minimum atomic E-state index is -1.24. The number of aliphatic hydroxyl groups is 3. The summed E-state index contributed by atoms with van der Waals surface area (Å²) < 4.78 is 8.01. The number of fused-ring (bicyclic) bond motifs is 3. The molecule has 2 saturated carbocycles. The third-order valence-corrected chi connectivity index (χ3v) is 6.84. The Hall–Kier alpha value is -1.81. The normalized spacial score (nSPS) is 42.1. The maximum absolute atomic E-state index is 11.2. The van der Waals surface area contributed by atoms with Gasteiger partial charge in [-0.05, 0) is 38.0 Å². The lowest BCUT2D eigenvalue weighted by atomic mass is 9.71. The van der Waals surface area contributed by atoms with Crippen LogP contribution in [0.1, 0.15) is 32.1 Å². The van der Waals surface area contributed by atoms with Crippen LogP contribution in [-0.2, 0) is 10.5 Å². The van der Waals surface area contributed by atoms with Crippen molar-refractivity contribution in [2.75, 3.05) is 12.3 Å². The number of nitrogens with two attached hydrogens (primary N) is 1. The predicted octanol–water partition coefficient (Wildman–Crippen LogP) is -0.246. The summed E-state index contributed by atoms with van der Waals surface area (Å²) in [6, 6.07) is 0. The van der Waals surface area contributed by atoms with E-state index in [2.05, 4.69) is 15.0 Å². The molecule has 4 atom stereocenters. The van der Waals surface area contributed by atoms with Crippen LogP contribution in [-0.4, -0.2) is 59.8 Å². The van der Waals surface area contributed by atoms with Crippen LogP contribution in [0.2, 0.25) is 0 Å². The van der Waals surface area contributed by atoms with Gasteiger partial charge in [0.25, 0.3) is 0 Å². The maximum Gasteiger partial charge on any atom is 0.182 e. The molecule has 3 fully saturated rings. The van der Waals surface area contributed by atoms with Gasteiger partial charge in [-0.2, -0.15) is 0 Å². The number of nitrogen functional groups attached to an aromatic ring is 1. The molecular weight excluding hydrogens is 338 g/mol. The zero-order valence-corrected chi connectivity index (χ0v) is 14.3. The number of hydrogen-bond donors (Lipinski definition) is 4. The minimum absolute atomic E-state index is 0.254. The van der Waals surface area contributed by atoms with Crippen molar-refractivity contribution in [3.63, 3.8) is 0 Å². The van der Waals surface area contributed by atoms with E-state index in [0.717, 1.165) is 32.1 Å². The molecule has 3 aliphatic rings. The van der Waals surface area contributed by atoms with Crippen molar-refractivity contribution in [2.45, 2.75) is 56.1 Å². The average Bonchev–Trinajstić information content (AvgIpc) is 3.40. The molecule has 9 heteroatoms. The van der Waals surface area contributed by atoms with E-state index in [1.54, 1.807) is 10.9 Å². The lowest BCUT2D eigenvalue weighted by molar-refractivity contribution is -0.220. The fraction of sp³-hybridized carbons (Fsp3) is 0.706. The van der Waals surface area contributed by atoms with E-state index in [1.807, 2.05) is 0 Å². The summed E-state index contributed by atoms with van der Waals surface area (Å²) in [7, 11) is 0. The van der Waals surface area contributed by atoms with E-state index in [4.69, 9.17) is 10.5 Å². The topological polar surface area (TPSA) is 140 Å². The van der Waals surface area contributed by atoms with Gasteiger partial charge in [0.15, 0.2) is 17.2 Å². The van der Waals surface area contributed by atoms with Crippen LogP contribution in [0.3, 0.4) is 0 Å². The molecule has 9 nitrogen and oxygen atoms in total. The number of aliphatic hydroxyl groups excluding tert-OH is 3. The van der Waals surface area contributed by atoms with Crippen LogP contribution >= 0.6 is 0 Å². The molecule has 2 aromatic heterocycles. The van der Waals surface area contributed by atoms with Gasteiger partial charge >= 0.3 is 0 Å². The van der Waals surface area contributed by atoms with Gasteiger partial charge in [-0.3, -0.25) is 4.57 Å². The lowest BCUT2D eigenvalue weighted by Gasteiger charge is -2.47. The van der Waals surface area contributed by atoms with Crippen molar-refractivity contribution in [1.29, 1.82) is 0 Å². The Morgan fingerprint density at radius 3 is 2.62 bits per heavy atom. The van der Waals surface area contributed by atoms with E-state index in [0.29, 0.717) is 17.1 Å². The Balaban J connectivity index is 1.76. The highest BCUT2D eigenvalue weighted by Gasteiger charge is 2.69. The molecule has 0 amide bonds. The summed E-state index contributed by atoms with van der Waals surface area (Å²) in [5.41, 5.74) is 5.26. The molecule has 1 aliphatic heterocycles. The van der Waals surface area contributed by atoms with E-state index in [9.17, 15) is 15.3 Å². The molecule has 2 aromatic rings. The summed E-state index contributed by atoms with van der Waals surface area (Å²) in [4.78, 5) is 12.6. The summed E-state index contributed by atoms with van der Waals surface area (Å²) in [5.74, 6) is 0.853. The first-order chi connectivity index (χ1) is 12.5. The standard InChI is InChI=1S/C17H23N5O4/c18-14-11-15(20-7-19-14)22(8-21-11)17(13(25)12(24)10(6-23)26-17)16-3-1-9(5-16)2-4-16/h7-10,12-13,23-25H,1-6H2,(H2,18,19,20)/t9?,10-,12-,13-,16?,17+/m1/s1. The number of ether oxygens (including phenoxy) is 1. The Bertz CT molecular complexity index is 849. The number of rotatable bonds is 3. The molecule has 0 radical (unpaired) electrons. The zero-order valence-electron chi connectivity index (χ0n) is 14.3. The molecule has 5 N–H and O–H groups in total. The molecular formula is C17H23N5O4. The highest BCUT2D eigenvalue weighted by molar-refractivity contribution is 5.81. The Labute approximate surface area is 149 Å². The second-order valence-electron chi connectivity index (χ2n) is 7.94. The summed E-state index contributed by atoms with van der Waals surface area (Å²) in [5, 5.41) is 31.4. The lowest BCUT2D eigenvalue weighted by Crippen LogP contribution is -2.56. The molecule has 140 valence electrons. The van der Waals surface area contributed by atoms with Crippen LogP contribution in [0.4, 0.5) is 5.82 Å². The van der Waals surface area contributed by atoms with Gasteiger partial charge in [0.1, 0.15) is 30.2 Å². The van der Waals surface area contributed by atoms with E-state index in [-0.39, 0.29) is 17.8 Å². The van der Waals surface area contributed by atoms with E-state index in [1.165, 1.54) is 6.33 Å². The van der Waals surface area contributed by atoms with E-state index < -0.39 is 24.0 Å². The summed E-state index contributed by atoms with van der Waals surface area (Å²) >= 11 is 0. The highest BCUT2D eigenvalue weighted by Crippen LogP contribution is 2.65. The van der Waals surface area contributed by atoms with Crippen molar-refractivity contribution < 1.29 is 20.1 Å². The van der Waals surface area contributed by atoms with Gasteiger partial charge in [0.2, 0.25) is 0 Å². The first-order valence-corrected chi connectivity index (χ1v) is 9.11. The van der Waals surface area contributed by atoms with Crippen LogP contribution in [0, 0.1) is 11.3 Å².